The molecule has 1 heterocycles. The summed E-state index contributed by atoms with van der Waals surface area (Å²) in [5, 5.41) is 4.69. The lowest BCUT2D eigenvalue weighted by molar-refractivity contribution is -0.274. The van der Waals surface area contributed by atoms with E-state index in [-0.39, 0.29) is 5.75 Å². The number of nitrogens with zero attached hydrogens (tertiary/aromatic N) is 3. The smallest absolute Gasteiger partial charge is 0.406 e. The van der Waals surface area contributed by atoms with Gasteiger partial charge in [0.05, 0.1) is 5.69 Å². The summed E-state index contributed by atoms with van der Waals surface area (Å²) in [7, 11) is 0. The predicted molar refractivity (Wildman–Crippen MR) is 123 cm³/mol. The molecule has 176 valence electrons. The van der Waals surface area contributed by atoms with E-state index in [9.17, 15) is 13.2 Å². The Bertz CT molecular complexity index is 746. The molecule has 4 nitrogen and oxygen atoms in total. The average molecular weight is 462 g/mol. The molecule has 2 aromatic rings. The molecule has 0 fully saturated rings. The number of alkyl halides is 4. The van der Waals surface area contributed by atoms with Gasteiger partial charge in [0.25, 0.3) is 0 Å². The summed E-state index contributed by atoms with van der Waals surface area (Å²) in [6.07, 6.45) is -0.324. The van der Waals surface area contributed by atoms with Crippen molar-refractivity contribution in [2.75, 3.05) is 23.9 Å². The van der Waals surface area contributed by atoms with Gasteiger partial charge in [-0.05, 0) is 56.4 Å². The van der Waals surface area contributed by atoms with Crippen molar-refractivity contribution in [1.29, 1.82) is 0 Å². The Morgan fingerprint density at radius 1 is 1.10 bits per heavy atom. The van der Waals surface area contributed by atoms with Gasteiger partial charge >= 0.3 is 6.36 Å². The number of benzene rings is 1. The van der Waals surface area contributed by atoms with Crippen LogP contribution >= 0.6 is 11.6 Å². The van der Waals surface area contributed by atoms with Crippen LogP contribution in [0.3, 0.4) is 0 Å². The first-order valence-corrected chi connectivity index (χ1v) is 11.4. The number of ether oxygens (including phenoxy) is 1. The fraction of sp³-hybridized carbons (Fsp3) is 0.609. The SMILES string of the molecule is CCCCl.CCCN(CCC(C)CC)c1cc(C)n(-c2ccc(OC(F)(F)F)cc2)n1. The Balaban J connectivity index is 0.00000110. The summed E-state index contributed by atoms with van der Waals surface area (Å²) in [5.74, 6) is 2.11. The van der Waals surface area contributed by atoms with Gasteiger partial charge in [0.2, 0.25) is 0 Å². The van der Waals surface area contributed by atoms with E-state index in [1.165, 1.54) is 12.1 Å². The highest BCUT2D eigenvalue weighted by Crippen LogP contribution is 2.25. The molecule has 0 aliphatic heterocycles. The largest absolute Gasteiger partial charge is 0.573 e. The van der Waals surface area contributed by atoms with Crippen LogP contribution in [0.2, 0.25) is 0 Å². The number of hydrogen-bond donors (Lipinski definition) is 0. The van der Waals surface area contributed by atoms with Gasteiger partial charge in [-0.3, -0.25) is 0 Å². The lowest BCUT2D eigenvalue weighted by Gasteiger charge is -2.23. The molecule has 8 heteroatoms. The molecule has 0 aliphatic rings. The molecule has 1 aromatic heterocycles. The summed E-state index contributed by atoms with van der Waals surface area (Å²) < 4.78 is 42.6. The van der Waals surface area contributed by atoms with Gasteiger partial charge in [-0.15, -0.1) is 24.8 Å². The topological polar surface area (TPSA) is 30.3 Å². The van der Waals surface area contributed by atoms with Crippen molar-refractivity contribution in [1.82, 2.24) is 9.78 Å². The lowest BCUT2D eigenvalue weighted by Crippen LogP contribution is -2.27. The average Bonchev–Trinajstić information content (AvgIpc) is 3.11. The number of halogens is 4. The van der Waals surface area contributed by atoms with Gasteiger partial charge in [0, 0.05) is 30.7 Å². The first kappa shape index (κ1) is 27.1. The molecule has 1 aromatic carbocycles. The summed E-state index contributed by atoms with van der Waals surface area (Å²) in [6, 6.07) is 7.78. The van der Waals surface area contributed by atoms with E-state index >= 15 is 0 Å². The van der Waals surface area contributed by atoms with Crippen molar-refractivity contribution >= 4 is 17.4 Å². The molecule has 0 spiro atoms. The Labute approximate surface area is 189 Å². The van der Waals surface area contributed by atoms with Gasteiger partial charge in [0.15, 0.2) is 5.82 Å². The van der Waals surface area contributed by atoms with E-state index in [1.807, 2.05) is 19.9 Å². The highest BCUT2D eigenvalue weighted by atomic mass is 35.5. The zero-order valence-electron chi connectivity index (χ0n) is 19.2. The molecule has 1 atom stereocenters. The maximum absolute atomic E-state index is 12.3. The van der Waals surface area contributed by atoms with Crippen LogP contribution in [0.25, 0.3) is 5.69 Å². The third kappa shape index (κ3) is 9.85. The van der Waals surface area contributed by atoms with Crippen molar-refractivity contribution in [3.8, 4) is 11.4 Å². The van der Waals surface area contributed by atoms with Crippen LogP contribution < -0.4 is 9.64 Å². The van der Waals surface area contributed by atoms with Gasteiger partial charge in [0.1, 0.15) is 5.75 Å². The Morgan fingerprint density at radius 2 is 1.71 bits per heavy atom. The zero-order valence-corrected chi connectivity index (χ0v) is 19.9. The number of rotatable bonds is 10. The second-order valence-corrected chi connectivity index (χ2v) is 7.95. The first-order chi connectivity index (χ1) is 14.6. The number of anilines is 1. The fourth-order valence-electron chi connectivity index (χ4n) is 2.85. The number of aromatic nitrogens is 2. The summed E-state index contributed by atoms with van der Waals surface area (Å²) in [5.41, 5.74) is 1.63. The van der Waals surface area contributed by atoms with E-state index < -0.39 is 6.36 Å². The third-order valence-corrected chi connectivity index (χ3v) is 5.16. The van der Waals surface area contributed by atoms with E-state index in [0.717, 1.165) is 56.2 Å². The highest BCUT2D eigenvalue weighted by molar-refractivity contribution is 6.17. The first-order valence-electron chi connectivity index (χ1n) is 10.9. The Kier molecular flexibility index (Phi) is 11.8. The van der Waals surface area contributed by atoms with Crippen molar-refractivity contribution in [3.05, 3.63) is 36.0 Å². The Hall–Kier alpha value is -1.89. The predicted octanol–water partition coefficient (Wildman–Crippen LogP) is 7.37. The molecule has 0 saturated heterocycles. The van der Waals surface area contributed by atoms with E-state index in [4.69, 9.17) is 11.6 Å². The molecule has 0 N–H and O–H groups in total. The van der Waals surface area contributed by atoms with E-state index in [1.54, 1.807) is 16.8 Å². The Morgan fingerprint density at radius 3 is 2.19 bits per heavy atom. The van der Waals surface area contributed by atoms with Gasteiger partial charge in [-0.1, -0.05) is 34.1 Å². The quantitative estimate of drug-likeness (QED) is 0.346. The van der Waals surface area contributed by atoms with Gasteiger partial charge < -0.3 is 9.64 Å². The summed E-state index contributed by atoms with van der Waals surface area (Å²) >= 11 is 5.19. The van der Waals surface area contributed by atoms with Crippen LogP contribution in [0.4, 0.5) is 19.0 Å². The van der Waals surface area contributed by atoms with Crippen LogP contribution in [0.15, 0.2) is 30.3 Å². The molecule has 0 radical (unpaired) electrons. The second kappa shape index (κ2) is 13.5. The van der Waals surface area contributed by atoms with Gasteiger partial charge in [-0.25, -0.2) is 4.68 Å². The second-order valence-electron chi connectivity index (χ2n) is 7.58. The van der Waals surface area contributed by atoms with Crippen LogP contribution in [-0.4, -0.2) is 35.1 Å². The van der Waals surface area contributed by atoms with E-state index in [0.29, 0.717) is 11.6 Å². The molecule has 1 unspecified atom stereocenters. The van der Waals surface area contributed by atoms with Crippen molar-refractivity contribution in [3.63, 3.8) is 0 Å². The normalized spacial score (nSPS) is 12.2. The monoisotopic (exact) mass is 461 g/mol. The zero-order chi connectivity index (χ0) is 23.4. The third-order valence-electron chi connectivity index (χ3n) is 4.78. The maximum Gasteiger partial charge on any atom is 0.573 e. The number of hydrogen-bond acceptors (Lipinski definition) is 3. The van der Waals surface area contributed by atoms with Crippen molar-refractivity contribution in [2.24, 2.45) is 5.92 Å². The molecule has 0 saturated carbocycles. The van der Waals surface area contributed by atoms with Crippen LogP contribution in [-0.2, 0) is 0 Å². The van der Waals surface area contributed by atoms with Crippen molar-refractivity contribution in [2.45, 2.75) is 66.7 Å². The lowest BCUT2D eigenvalue weighted by atomic mass is 10.1. The van der Waals surface area contributed by atoms with Gasteiger partial charge in [-0.2, -0.15) is 5.10 Å². The molecule has 31 heavy (non-hydrogen) atoms. The molecular formula is C23H35ClF3N3O. The minimum absolute atomic E-state index is 0.238. The molecule has 0 aliphatic carbocycles. The van der Waals surface area contributed by atoms with Crippen molar-refractivity contribution < 1.29 is 17.9 Å². The number of aryl methyl sites for hydroxylation is 1. The summed E-state index contributed by atoms with van der Waals surface area (Å²) in [4.78, 5) is 2.27. The standard InChI is InChI=1S/C20H28F3N3O.C3H7Cl/c1-5-12-25(13-11-15(3)6-2)19-14-16(4)26(24-19)17-7-9-18(10-8-17)27-20(21,22)23;1-2-3-4/h7-10,14-15H,5-6,11-13H2,1-4H3;2-3H2,1H3. The minimum Gasteiger partial charge on any atom is -0.406 e. The molecule has 2 rings (SSSR count). The maximum atomic E-state index is 12.3. The summed E-state index contributed by atoms with van der Waals surface area (Å²) in [6.45, 7) is 12.4. The van der Waals surface area contributed by atoms with Crippen LogP contribution in [0, 0.1) is 12.8 Å². The van der Waals surface area contributed by atoms with E-state index in [2.05, 4.69) is 35.5 Å². The minimum atomic E-state index is -4.69. The van der Waals surface area contributed by atoms with Crippen LogP contribution in [0.1, 0.15) is 59.1 Å². The fourth-order valence-corrected chi connectivity index (χ4v) is 2.85. The molecule has 0 amide bonds. The highest BCUT2D eigenvalue weighted by Gasteiger charge is 2.31. The molecule has 0 bridgehead atoms. The molecular weight excluding hydrogens is 427 g/mol. The van der Waals surface area contributed by atoms with Crippen LogP contribution in [0.5, 0.6) is 5.75 Å².